The van der Waals surface area contributed by atoms with Crippen molar-refractivity contribution in [2.75, 3.05) is 41.3 Å². The highest BCUT2D eigenvalue weighted by molar-refractivity contribution is 5.79. The van der Waals surface area contributed by atoms with Crippen LogP contribution in [0.25, 0.3) is 0 Å². The first-order chi connectivity index (χ1) is 12.6. The summed E-state index contributed by atoms with van der Waals surface area (Å²) in [5, 5.41) is 3.44. The van der Waals surface area contributed by atoms with Gasteiger partial charge in [0.1, 0.15) is 5.75 Å². The molecule has 0 atom stereocenters. The van der Waals surface area contributed by atoms with Crippen LogP contribution in [-0.2, 0) is 13.1 Å². The number of ether oxygens (including phenoxy) is 1. The lowest BCUT2D eigenvalue weighted by Gasteiger charge is -2.24. The van der Waals surface area contributed by atoms with Crippen LogP contribution in [0.3, 0.4) is 0 Å². The van der Waals surface area contributed by atoms with Gasteiger partial charge in [0, 0.05) is 40.3 Å². The third-order valence-electron chi connectivity index (χ3n) is 4.22. The van der Waals surface area contributed by atoms with Gasteiger partial charge >= 0.3 is 0 Å². The van der Waals surface area contributed by atoms with Crippen molar-refractivity contribution < 1.29 is 4.74 Å². The van der Waals surface area contributed by atoms with Crippen LogP contribution in [-0.4, -0.2) is 57.1 Å². The van der Waals surface area contributed by atoms with Gasteiger partial charge in [-0.2, -0.15) is 0 Å². The van der Waals surface area contributed by atoms with Crippen molar-refractivity contribution >= 4 is 5.96 Å². The molecule has 0 unspecified atom stereocenters. The Balaban J connectivity index is 1.77. The van der Waals surface area contributed by atoms with Crippen LogP contribution in [0.2, 0.25) is 0 Å². The number of rotatable bonds is 8. The van der Waals surface area contributed by atoms with E-state index in [0.717, 1.165) is 37.9 Å². The molecule has 0 saturated heterocycles. The Bertz CT molecular complexity index is 670. The zero-order valence-electron chi connectivity index (χ0n) is 16.3. The van der Waals surface area contributed by atoms with Crippen molar-refractivity contribution in [1.29, 1.82) is 0 Å². The third-order valence-corrected chi connectivity index (χ3v) is 4.22. The topological polar surface area (TPSA) is 40.1 Å². The first kappa shape index (κ1) is 19.8. The van der Waals surface area contributed by atoms with E-state index in [2.05, 4.69) is 63.6 Å². The maximum atomic E-state index is 5.21. The number of nitrogens with one attached hydrogen (secondary N) is 1. The summed E-state index contributed by atoms with van der Waals surface area (Å²) in [6.07, 6.45) is 0. The second kappa shape index (κ2) is 10.5. The number of guanidine groups is 1. The number of aliphatic imine (C=N–C) groups is 1. The van der Waals surface area contributed by atoms with Gasteiger partial charge in [0.25, 0.3) is 0 Å². The molecule has 140 valence electrons. The quantitative estimate of drug-likeness (QED) is 0.585. The van der Waals surface area contributed by atoms with Gasteiger partial charge in [0.05, 0.1) is 7.11 Å². The fraction of sp³-hybridized carbons (Fsp3) is 0.381. The lowest BCUT2D eigenvalue weighted by Crippen LogP contribution is -2.41. The van der Waals surface area contributed by atoms with Crippen LogP contribution in [0.1, 0.15) is 11.1 Å². The second-order valence-electron chi connectivity index (χ2n) is 6.40. The van der Waals surface area contributed by atoms with E-state index in [1.165, 1.54) is 11.1 Å². The maximum Gasteiger partial charge on any atom is 0.193 e. The molecular weight excluding hydrogens is 324 g/mol. The summed E-state index contributed by atoms with van der Waals surface area (Å²) in [6.45, 7) is 3.54. The molecule has 0 saturated carbocycles. The molecule has 0 radical (unpaired) electrons. The van der Waals surface area contributed by atoms with Crippen molar-refractivity contribution in [3.63, 3.8) is 0 Å². The number of benzene rings is 2. The minimum absolute atomic E-state index is 0.795. The van der Waals surface area contributed by atoms with Crippen molar-refractivity contribution in [2.45, 2.75) is 13.1 Å². The molecule has 5 nitrogen and oxygen atoms in total. The number of hydrogen-bond donors (Lipinski definition) is 1. The molecule has 0 aliphatic heterocycles. The fourth-order valence-corrected chi connectivity index (χ4v) is 2.80. The normalized spacial score (nSPS) is 11.5. The van der Waals surface area contributed by atoms with E-state index in [9.17, 15) is 0 Å². The zero-order chi connectivity index (χ0) is 18.8. The number of likely N-dealkylation sites (N-methyl/N-ethyl adjacent to an activating group) is 1. The molecule has 0 fully saturated rings. The largest absolute Gasteiger partial charge is 0.497 e. The molecule has 0 aromatic heterocycles. The summed E-state index contributed by atoms with van der Waals surface area (Å²) in [4.78, 5) is 8.82. The van der Waals surface area contributed by atoms with Gasteiger partial charge in [-0.15, -0.1) is 0 Å². The van der Waals surface area contributed by atoms with Crippen LogP contribution in [0.4, 0.5) is 0 Å². The first-order valence-electron chi connectivity index (χ1n) is 8.89. The minimum Gasteiger partial charge on any atom is -0.497 e. The van der Waals surface area contributed by atoms with Gasteiger partial charge in [-0.3, -0.25) is 4.99 Å². The Morgan fingerprint density at radius 1 is 0.962 bits per heavy atom. The molecular formula is C21H30N4O. The van der Waals surface area contributed by atoms with E-state index < -0.39 is 0 Å². The molecule has 26 heavy (non-hydrogen) atoms. The standard InChI is InChI=1S/C21H30N4O/c1-22-21(25(3)17-19-10-12-20(26-4)13-11-19)23-14-15-24(2)16-18-8-6-5-7-9-18/h5-13H,14-17H2,1-4H3,(H,22,23). The second-order valence-corrected chi connectivity index (χ2v) is 6.40. The third kappa shape index (κ3) is 6.41. The molecule has 5 heteroatoms. The van der Waals surface area contributed by atoms with Crippen LogP contribution >= 0.6 is 0 Å². The van der Waals surface area contributed by atoms with E-state index in [1.54, 1.807) is 7.11 Å². The average Bonchev–Trinajstić information content (AvgIpc) is 2.66. The lowest BCUT2D eigenvalue weighted by atomic mass is 10.2. The predicted molar refractivity (Wildman–Crippen MR) is 109 cm³/mol. The number of hydrogen-bond acceptors (Lipinski definition) is 3. The summed E-state index contributed by atoms with van der Waals surface area (Å²) in [5.41, 5.74) is 2.55. The minimum atomic E-state index is 0.795. The van der Waals surface area contributed by atoms with Crippen molar-refractivity contribution in [3.05, 3.63) is 65.7 Å². The average molecular weight is 354 g/mol. The lowest BCUT2D eigenvalue weighted by molar-refractivity contribution is 0.328. The highest BCUT2D eigenvalue weighted by atomic mass is 16.5. The SMILES string of the molecule is CN=C(NCCN(C)Cc1ccccc1)N(C)Cc1ccc(OC)cc1. The highest BCUT2D eigenvalue weighted by Gasteiger charge is 2.07. The molecule has 0 aliphatic rings. The van der Waals surface area contributed by atoms with Crippen LogP contribution in [0, 0.1) is 0 Å². The van der Waals surface area contributed by atoms with Gasteiger partial charge < -0.3 is 19.9 Å². The Hall–Kier alpha value is -2.53. The Morgan fingerprint density at radius 3 is 2.23 bits per heavy atom. The Morgan fingerprint density at radius 2 is 1.62 bits per heavy atom. The molecule has 2 rings (SSSR count). The Kier molecular flexibility index (Phi) is 7.96. The number of nitrogens with zero attached hydrogens (tertiary/aromatic N) is 3. The van der Waals surface area contributed by atoms with Crippen LogP contribution in [0.5, 0.6) is 5.75 Å². The monoisotopic (exact) mass is 354 g/mol. The van der Waals surface area contributed by atoms with E-state index >= 15 is 0 Å². The molecule has 1 N–H and O–H groups in total. The molecule has 2 aromatic carbocycles. The summed E-state index contributed by atoms with van der Waals surface area (Å²) < 4.78 is 5.21. The van der Waals surface area contributed by atoms with Gasteiger partial charge in [-0.05, 0) is 30.3 Å². The predicted octanol–water partition coefficient (Wildman–Crippen LogP) is 2.83. The molecule has 0 spiro atoms. The fourth-order valence-electron chi connectivity index (χ4n) is 2.80. The molecule has 0 heterocycles. The summed E-state index contributed by atoms with van der Waals surface area (Å²) in [5.74, 6) is 1.77. The molecule has 2 aromatic rings. The van der Waals surface area contributed by atoms with Crippen molar-refractivity contribution in [3.8, 4) is 5.75 Å². The summed E-state index contributed by atoms with van der Waals surface area (Å²) >= 11 is 0. The van der Waals surface area contributed by atoms with Gasteiger partial charge in [-0.1, -0.05) is 42.5 Å². The molecule has 0 amide bonds. The van der Waals surface area contributed by atoms with Gasteiger partial charge in [0.15, 0.2) is 5.96 Å². The summed E-state index contributed by atoms with van der Waals surface area (Å²) in [7, 11) is 7.69. The Labute approximate surface area is 157 Å². The van der Waals surface area contributed by atoms with Crippen LogP contribution in [0.15, 0.2) is 59.6 Å². The van der Waals surface area contributed by atoms with Gasteiger partial charge in [-0.25, -0.2) is 0 Å². The van der Waals surface area contributed by atoms with Crippen LogP contribution < -0.4 is 10.1 Å². The first-order valence-corrected chi connectivity index (χ1v) is 8.89. The zero-order valence-corrected chi connectivity index (χ0v) is 16.3. The van der Waals surface area contributed by atoms with E-state index in [1.807, 2.05) is 32.3 Å². The smallest absolute Gasteiger partial charge is 0.193 e. The van der Waals surface area contributed by atoms with E-state index in [-0.39, 0.29) is 0 Å². The highest BCUT2D eigenvalue weighted by Crippen LogP contribution is 2.12. The summed E-state index contributed by atoms with van der Waals surface area (Å²) in [6, 6.07) is 18.7. The maximum absolute atomic E-state index is 5.21. The van der Waals surface area contributed by atoms with E-state index in [4.69, 9.17) is 4.74 Å². The van der Waals surface area contributed by atoms with E-state index in [0.29, 0.717) is 0 Å². The van der Waals surface area contributed by atoms with Crippen molar-refractivity contribution in [2.24, 2.45) is 4.99 Å². The van der Waals surface area contributed by atoms with Gasteiger partial charge in [0.2, 0.25) is 0 Å². The number of methoxy groups -OCH3 is 1. The molecule has 0 aliphatic carbocycles. The van der Waals surface area contributed by atoms with Crippen molar-refractivity contribution in [1.82, 2.24) is 15.1 Å². The molecule has 0 bridgehead atoms.